The number of ether oxygens (including phenoxy) is 1. The van der Waals surface area contributed by atoms with Gasteiger partial charge in [0.15, 0.2) is 0 Å². The van der Waals surface area contributed by atoms with Crippen molar-refractivity contribution >= 4 is 21.8 Å². The van der Waals surface area contributed by atoms with E-state index in [1.807, 2.05) is 0 Å². The minimum absolute atomic E-state index is 0.105. The molecule has 0 bridgehead atoms. The van der Waals surface area contributed by atoms with Crippen LogP contribution in [0, 0.1) is 5.82 Å². The third-order valence-corrected chi connectivity index (χ3v) is 4.65. The van der Waals surface area contributed by atoms with E-state index in [0.29, 0.717) is 17.6 Å². The van der Waals surface area contributed by atoms with Crippen molar-refractivity contribution in [3.63, 3.8) is 0 Å². The number of rotatable bonds is 1. The topological polar surface area (TPSA) is 29.5 Å². The van der Waals surface area contributed by atoms with Crippen molar-refractivity contribution in [3.05, 3.63) is 34.1 Å². The van der Waals surface area contributed by atoms with Gasteiger partial charge in [0.05, 0.1) is 24.3 Å². The van der Waals surface area contributed by atoms with Crippen LogP contribution in [0.3, 0.4) is 0 Å². The van der Waals surface area contributed by atoms with Crippen molar-refractivity contribution in [2.45, 2.75) is 37.8 Å². The van der Waals surface area contributed by atoms with E-state index >= 15 is 0 Å². The summed E-state index contributed by atoms with van der Waals surface area (Å²) in [5, 5.41) is 0. The number of carbonyl (C=O) groups excluding carboxylic acids is 1. The average molecular weight is 342 g/mol. The number of fused-ring (bicyclic) bond motifs is 1. The standard InChI is InChI=1S/C15H17BrFNO2/c16-10-5-6-11(12(17)9-10)15(19)18-7-8-20-14-4-2-1-3-13(14)18/h5-6,9,13-14H,1-4,7-8H2. The molecule has 2 atom stereocenters. The van der Waals surface area contributed by atoms with Crippen LogP contribution in [0.5, 0.6) is 0 Å². The number of nitrogens with zero attached hydrogens (tertiary/aromatic N) is 1. The van der Waals surface area contributed by atoms with Gasteiger partial charge in [-0.2, -0.15) is 0 Å². The van der Waals surface area contributed by atoms with Gasteiger partial charge in [-0.3, -0.25) is 4.79 Å². The van der Waals surface area contributed by atoms with Gasteiger partial charge in [-0.25, -0.2) is 4.39 Å². The quantitative estimate of drug-likeness (QED) is 0.783. The molecule has 0 aromatic heterocycles. The van der Waals surface area contributed by atoms with Gasteiger partial charge in [0, 0.05) is 11.0 Å². The monoisotopic (exact) mass is 341 g/mol. The Morgan fingerprint density at radius 2 is 2.15 bits per heavy atom. The Morgan fingerprint density at radius 1 is 1.35 bits per heavy atom. The Kier molecular flexibility index (Phi) is 4.08. The van der Waals surface area contributed by atoms with Gasteiger partial charge in [-0.05, 0) is 31.0 Å². The fourth-order valence-corrected chi connectivity index (χ4v) is 3.50. The minimum atomic E-state index is -0.469. The molecule has 2 aliphatic rings. The Morgan fingerprint density at radius 3 is 2.95 bits per heavy atom. The first-order chi connectivity index (χ1) is 9.66. The molecule has 1 saturated carbocycles. The van der Waals surface area contributed by atoms with Crippen LogP contribution in [-0.2, 0) is 4.74 Å². The van der Waals surface area contributed by atoms with Crippen molar-refractivity contribution in [1.82, 2.24) is 4.90 Å². The Labute approximate surface area is 126 Å². The molecule has 1 aromatic rings. The van der Waals surface area contributed by atoms with E-state index in [9.17, 15) is 9.18 Å². The maximum atomic E-state index is 14.0. The Bertz CT molecular complexity index is 521. The molecular formula is C15H17BrFNO2. The van der Waals surface area contributed by atoms with E-state index in [2.05, 4.69) is 15.9 Å². The molecule has 1 aliphatic heterocycles. The number of benzene rings is 1. The maximum Gasteiger partial charge on any atom is 0.257 e. The summed E-state index contributed by atoms with van der Waals surface area (Å²) in [6.45, 7) is 1.10. The van der Waals surface area contributed by atoms with Crippen LogP contribution >= 0.6 is 15.9 Å². The average Bonchev–Trinajstić information content (AvgIpc) is 2.46. The van der Waals surface area contributed by atoms with E-state index in [1.165, 1.54) is 6.07 Å². The molecule has 3 nitrogen and oxygen atoms in total. The molecule has 5 heteroatoms. The summed E-state index contributed by atoms with van der Waals surface area (Å²) in [6, 6.07) is 4.70. The van der Waals surface area contributed by atoms with Crippen molar-refractivity contribution in [3.8, 4) is 0 Å². The summed E-state index contributed by atoms with van der Waals surface area (Å²) in [5.41, 5.74) is 0.152. The maximum absolute atomic E-state index is 14.0. The molecule has 0 N–H and O–H groups in total. The molecule has 1 heterocycles. The highest BCUT2D eigenvalue weighted by Crippen LogP contribution is 2.30. The molecule has 108 valence electrons. The van der Waals surface area contributed by atoms with Crippen molar-refractivity contribution in [2.75, 3.05) is 13.2 Å². The van der Waals surface area contributed by atoms with Crippen LogP contribution < -0.4 is 0 Å². The second kappa shape index (κ2) is 5.82. The van der Waals surface area contributed by atoms with E-state index in [1.54, 1.807) is 17.0 Å². The number of amides is 1. The first kappa shape index (κ1) is 14.0. The zero-order valence-corrected chi connectivity index (χ0v) is 12.7. The lowest BCUT2D eigenvalue weighted by Crippen LogP contribution is -2.54. The highest BCUT2D eigenvalue weighted by molar-refractivity contribution is 9.10. The SMILES string of the molecule is O=C(c1ccc(Br)cc1F)N1CCOC2CCCCC21. The molecule has 2 fully saturated rings. The molecule has 3 rings (SSSR count). The van der Waals surface area contributed by atoms with E-state index < -0.39 is 5.82 Å². The van der Waals surface area contributed by atoms with Crippen LogP contribution in [0.25, 0.3) is 0 Å². The summed E-state index contributed by atoms with van der Waals surface area (Å²) in [5.74, 6) is -0.682. The van der Waals surface area contributed by atoms with Crippen LogP contribution in [0.4, 0.5) is 4.39 Å². The number of morpholine rings is 1. The van der Waals surface area contributed by atoms with Crippen molar-refractivity contribution in [2.24, 2.45) is 0 Å². The second-order valence-electron chi connectivity index (χ2n) is 5.38. The number of carbonyl (C=O) groups is 1. The molecule has 1 aromatic carbocycles. The molecule has 1 aliphatic carbocycles. The molecule has 2 unspecified atom stereocenters. The summed E-state index contributed by atoms with van der Waals surface area (Å²) in [6.07, 6.45) is 4.33. The number of hydrogen-bond donors (Lipinski definition) is 0. The zero-order chi connectivity index (χ0) is 14.1. The lowest BCUT2D eigenvalue weighted by Gasteiger charge is -2.43. The predicted molar refractivity (Wildman–Crippen MR) is 77.1 cm³/mol. The predicted octanol–water partition coefficient (Wildman–Crippen LogP) is 3.37. The van der Waals surface area contributed by atoms with Gasteiger partial charge in [0.25, 0.3) is 5.91 Å². The van der Waals surface area contributed by atoms with E-state index in [-0.39, 0.29) is 23.6 Å². The fourth-order valence-electron chi connectivity index (χ4n) is 3.17. The third-order valence-electron chi connectivity index (χ3n) is 4.15. The van der Waals surface area contributed by atoms with Crippen molar-refractivity contribution in [1.29, 1.82) is 0 Å². The van der Waals surface area contributed by atoms with Gasteiger partial charge >= 0.3 is 0 Å². The van der Waals surface area contributed by atoms with Gasteiger partial charge in [-0.15, -0.1) is 0 Å². The molecule has 1 amide bonds. The van der Waals surface area contributed by atoms with Gasteiger partial charge in [-0.1, -0.05) is 28.8 Å². The van der Waals surface area contributed by atoms with E-state index in [4.69, 9.17) is 4.74 Å². The number of halogens is 2. The van der Waals surface area contributed by atoms with Gasteiger partial charge in [0.2, 0.25) is 0 Å². The summed E-state index contributed by atoms with van der Waals surface area (Å²) in [4.78, 5) is 14.4. The molecule has 20 heavy (non-hydrogen) atoms. The lowest BCUT2D eigenvalue weighted by atomic mass is 9.89. The number of hydrogen-bond acceptors (Lipinski definition) is 2. The lowest BCUT2D eigenvalue weighted by molar-refractivity contribution is -0.0753. The molecule has 0 radical (unpaired) electrons. The van der Waals surface area contributed by atoms with Crippen LogP contribution in [0.2, 0.25) is 0 Å². The van der Waals surface area contributed by atoms with Gasteiger partial charge in [0.1, 0.15) is 5.82 Å². The summed E-state index contributed by atoms with van der Waals surface area (Å²) >= 11 is 3.21. The van der Waals surface area contributed by atoms with Crippen LogP contribution in [0.1, 0.15) is 36.0 Å². The first-order valence-corrected chi connectivity index (χ1v) is 7.84. The smallest absolute Gasteiger partial charge is 0.257 e. The normalized spacial score (nSPS) is 26.2. The molecular weight excluding hydrogens is 325 g/mol. The largest absolute Gasteiger partial charge is 0.374 e. The Hall–Kier alpha value is -0.940. The van der Waals surface area contributed by atoms with Crippen LogP contribution in [0.15, 0.2) is 22.7 Å². The second-order valence-corrected chi connectivity index (χ2v) is 6.30. The minimum Gasteiger partial charge on any atom is -0.374 e. The van der Waals surface area contributed by atoms with Crippen molar-refractivity contribution < 1.29 is 13.9 Å². The fraction of sp³-hybridized carbons (Fsp3) is 0.533. The highest BCUT2D eigenvalue weighted by atomic mass is 79.9. The van der Waals surface area contributed by atoms with Gasteiger partial charge < -0.3 is 9.64 Å². The molecule has 0 spiro atoms. The summed E-state index contributed by atoms with van der Waals surface area (Å²) < 4.78 is 20.4. The zero-order valence-electron chi connectivity index (χ0n) is 11.1. The first-order valence-electron chi connectivity index (χ1n) is 7.04. The highest BCUT2D eigenvalue weighted by Gasteiger charge is 2.37. The third kappa shape index (κ3) is 2.61. The molecule has 1 saturated heterocycles. The Balaban J connectivity index is 1.85. The van der Waals surface area contributed by atoms with E-state index in [0.717, 1.165) is 25.7 Å². The van der Waals surface area contributed by atoms with Crippen LogP contribution in [-0.4, -0.2) is 36.1 Å². The summed E-state index contributed by atoms with van der Waals surface area (Å²) in [7, 11) is 0.